The summed E-state index contributed by atoms with van der Waals surface area (Å²) in [6, 6.07) is 0. The van der Waals surface area contributed by atoms with Gasteiger partial charge in [0.2, 0.25) is 0 Å². The third-order valence-corrected chi connectivity index (χ3v) is 1.75. The first-order valence-electron chi connectivity index (χ1n) is 4.43. The summed E-state index contributed by atoms with van der Waals surface area (Å²) in [4.78, 5) is 0. The summed E-state index contributed by atoms with van der Waals surface area (Å²) in [6.07, 6.45) is 0.149. The van der Waals surface area contributed by atoms with Gasteiger partial charge < -0.3 is 10.2 Å². The van der Waals surface area contributed by atoms with E-state index in [1.165, 1.54) is 0 Å². The van der Waals surface area contributed by atoms with Crippen LogP contribution in [0.3, 0.4) is 0 Å². The lowest BCUT2D eigenvalue weighted by Crippen LogP contribution is -2.08. The van der Waals surface area contributed by atoms with Crippen LogP contribution in [0.5, 0.6) is 0 Å². The van der Waals surface area contributed by atoms with Crippen molar-refractivity contribution in [3.05, 3.63) is 0 Å². The minimum atomic E-state index is -1.23. The Morgan fingerprint density at radius 3 is 2.00 bits per heavy atom. The Balaban J connectivity index is 3.78. The standard InChI is InChI=1S/C10H18O2/c1-4-8(2)5-6-9(3)7-10(11)12/h8-12H,4,7H2,1-3H3. The maximum Gasteiger partial charge on any atom is 0.152 e. The predicted octanol–water partition coefficient (Wildman–Crippen LogP) is 1.37. The van der Waals surface area contributed by atoms with E-state index in [0.29, 0.717) is 12.3 Å². The minimum Gasteiger partial charge on any atom is -0.368 e. The number of hydrogen-bond acceptors (Lipinski definition) is 2. The van der Waals surface area contributed by atoms with Crippen LogP contribution in [0.4, 0.5) is 0 Å². The second-order valence-corrected chi connectivity index (χ2v) is 3.22. The molecule has 0 aliphatic carbocycles. The van der Waals surface area contributed by atoms with Crippen LogP contribution in [0.2, 0.25) is 0 Å². The molecule has 0 amide bonds. The van der Waals surface area contributed by atoms with Crippen LogP contribution < -0.4 is 0 Å². The van der Waals surface area contributed by atoms with Gasteiger partial charge in [0.1, 0.15) is 0 Å². The Morgan fingerprint density at radius 1 is 1.08 bits per heavy atom. The van der Waals surface area contributed by atoms with Crippen LogP contribution in [0.25, 0.3) is 0 Å². The van der Waals surface area contributed by atoms with Gasteiger partial charge in [-0.05, 0) is 6.42 Å². The van der Waals surface area contributed by atoms with Gasteiger partial charge in [-0.3, -0.25) is 0 Å². The number of hydrogen-bond donors (Lipinski definition) is 2. The first-order valence-corrected chi connectivity index (χ1v) is 4.43. The van der Waals surface area contributed by atoms with E-state index in [0.717, 1.165) is 6.42 Å². The molecule has 0 saturated heterocycles. The van der Waals surface area contributed by atoms with Gasteiger partial charge in [-0.1, -0.05) is 32.6 Å². The molecule has 0 fully saturated rings. The molecule has 0 aliphatic heterocycles. The molecule has 2 atom stereocenters. The Morgan fingerprint density at radius 2 is 1.58 bits per heavy atom. The van der Waals surface area contributed by atoms with E-state index in [4.69, 9.17) is 10.2 Å². The SMILES string of the molecule is CCC(C)C#CC(C)CC(O)O. The van der Waals surface area contributed by atoms with E-state index in [1.807, 2.05) is 6.92 Å². The number of aliphatic hydroxyl groups excluding tert-OH is 1. The molecule has 0 aliphatic rings. The largest absolute Gasteiger partial charge is 0.368 e. The van der Waals surface area contributed by atoms with Crippen molar-refractivity contribution in [2.75, 3.05) is 0 Å². The third-order valence-electron chi connectivity index (χ3n) is 1.75. The van der Waals surface area contributed by atoms with Gasteiger partial charge in [-0.25, -0.2) is 0 Å². The second kappa shape index (κ2) is 6.05. The molecule has 2 nitrogen and oxygen atoms in total. The summed E-state index contributed by atoms with van der Waals surface area (Å²) < 4.78 is 0. The first-order chi connectivity index (χ1) is 5.56. The molecule has 0 aromatic heterocycles. The Labute approximate surface area is 74.6 Å². The van der Waals surface area contributed by atoms with Crippen LogP contribution in [0.15, 0.2) is 0 Å². The average Bonchev–Trinajstić information content (AvgIpc) is 1.99. The molecule has 0 spiro atoms. The smallest absolute Gasteiger partial charge is 0.152 e. The summed E-state index contributed by atoms with van der Waals surface area (Å²) in [5.74, 6) is 6.53. The fraction of sp³-hybridized carbons (Fsp3) is 0.800. The van der Waals surface area contributed by atoms with Gasteiger partial charge in [0.25, 0.3) is 0 Å². The molecule has 0 heterocycles. The third kappa shape index (κ3) is 6.21. The Kier molecular flexibility index (Phi) is 5.79. The lowest BCUT2D eigenvalue weighted by atomic mass is 10.1. The highest BCUT2D eigenvalue weighted by atomic mass is 16.5. The van der Waals surface area contributed by atoms with E-state index in [1.54, 1.807) is 0 Å². The molecule has 0 bridgehead atoms. The van der Waals surface area contributed by atoms with E-state index < -0.39 is 6.29 Å². The fourth-order valence-electron chi connectivity index (χ4n) is 0.762. The van der Waals surface area contributed by atoms with Crippen LogP contribution in [-0.2, 0) is 0 Å². The zero-order valence-corrected chi connectivity index (χ0v) is 8.04. The predicted molar refractivity (Wildman–Crippen MR) is 49.2 cm³/mol. The monoisotopic (exact) mass is 170 g/mol. The van der Waals surface area contributed by atoms with Crippen molar-refractivity contribution in [1.29, 1.82) is 0 Å². The summed E-state index contributed by atoms with van der Waals surface area (Å²) in [5.41, 5.74) is 0. The molecule has 12 heavy (non-hydrogen) atoms. The summed E-state index contributed by atoms with van der Waals surface area (Å²) in [5, 5.41) is 17.3. The molecule has 0 saturated carbocycles. The number of aliphatic hydroxyl groups is 2. The van der Waals surface area contributed by atoms with E-state index in [-0.39, 0.29) is 5.92 Å². The maximum atomic E-state index is 8.63. The zero-order chi connectivity index (χ0) is 9.56. The van der Waals surface area contributed by atoms with Crippen molar-refractivity contribution in [2.45, 2.75) is 39.9 Å². The van der Waals surface area contributed by atoms with Crippen molar-refractivity contribution in [2.24, 2.45) is 11.8 Å². The molecule has 0 aromatic rings. The molecular formula is C10H18O2. The van der Waals surface area contributed by atoms with E-state index >= 15 is 0 Å². The van der Waals surface area contributed by atoms with Crippen LogP contribution >= 0.6 is 0 Å². The van der Waals surface area contributed by atoms with Gasteiger partial charge in [0, 0.05) is 18.3 Å². The summed E-state index contributed by atoms with van der Waals surface area (Å²) in [6.45, 7) is 6.05. The van der Waals surface area contributed by atoms with Gasteiger partial charge in [-0.2, -0.15) is 0 Å². The Bertz CT molecular complexity index is 164. The first kappa shape index (κ1) is 11.5. The van der Waals surface area contributed by atoms with Crippen LogP contribution in [0, 0.1) is 23.7 Å². The molecule has 0 rings (SSSR count). The van der Waals surface area contributed by atoms with Crippen LogP contribution in [-0.4, -0.2) is 16.5 Å². The zero-order valence-electron chi connectivity index (χ0n) is 8.04. The highest BCUT2D eigenvalue weighted by Crippen LogP contribution is 2.04. The van der Waals surface area contributed by atoms with Crippen LogP contribution in [0.1, 0.15) is 33.6 Å². The molecule has 2 N–H and O–H groups in total. The highest BCUT2D eigenvalue weighted by Gasteiger charge is 2.03. The molecule has 0 aromatic carbocycles. The molecule has 70 valence electrons. The second-order valence-electron chi connectivity index (χ2n) is 3.22. The van der Waals surface area contributed by atoms with E-state index in [9.17, 15) is 0 Å². The normalized spacial score (nSPS) is 15.2. The topological polar surface area (TPSA) is 40.5 Å². The summed E-state index contributed by atoms with van der Waals surface area (Å²) >= 11 is 0. The maximum absolute atomic E-state index is 8.63. The lowest BCUT2D eigenvalue weighted by Gasteiger charge is -2.05. The van der Waals surface area contributed by atoms with Gasteiger partial charge >= 0.3 is 0 Å². The molecular weight excluding hydrogens is 152 g/mol. The summed E-state index contributed by atoms with van der Waals surface area (Å²) in [7, 11) is 0. The van der Waals surface area contributed by atoms with Crippen molar-refractivity contribution in [3.63, 3.8) is 0 Å². The van der Waals surface area contributed by atoms with Gasteiger partial charge in [-0.15, -0.1) is 0 Å². The van der Waals surface area contributed by atoms with Gasteiger partial charge in [0.05, 0.1) is 0 Å². The minimum absolute atomic E-state index is 0.0685. The fourth-order valence-corrected chi connectivity index (χ4v) is 0.762. The highest BCUT2D eigenvalue weighted by molar-refractivity contribution is 5.05. The molecule has 2 heteroatoms. The van der Waals surface area contributed by atoms with Crippen molar-refractivity contribution < 1.29 is 10.2 Å². The van der Waals surface area contributed by atoms with E-state index in [2.05, 4.69) is 25.7 Å². The van der Waals surface area contributed by atoms with Crippen molar-refractivity contribution in [3.8, 4) is 11.8 Å². The Hall–Kier alpha value is -0.520. The number of rotatable bonds is 3. The van der Waals surface area contributed by atoms with Crippen molar-refractivity contribution >= 4 is 0 Å². The quantitative estimate of drug-likeness (QED) is 0.496. The average molecular weight is 170 g/mol. The lowest BCUT2D eigenvalue weighted by molar-refractivity contribution is -0.0503. The molecule has 2 unspecified atom stereocenters. The van der Waals surface area contributed by atoms with Gasteiger partial charge in [0.15, 0.2) is 6.29 Å². The molecule has 0 radical (unpaired) electrons. The van der Waals surface area contributed by atoms with Crippen molar-refractivity contribution in [1.82, 2.24) is 0 Å².